The molecule has 1 aliphatic rings. The van der Waals surface area contributed by atoms with Gasteiger partial charge in [0.1, 0.15) is 0 Å². The van der Waals surface area contributed by atoms with Crippen LogP contribution in [0.25, 0.3) is 0 Å². The van der Waals surface area contributed by atoms with Gasteiger partial charge in [-0.3, -0.25) is 4.79 Å². The fraction of sp³-hybridized carbons (Fsp3) is 0.500. The number of nitrogens with zero attached hydrogens (tertiary/aromatic N) is 2. The summed E-state index contributed by atoms with van der Waals surface area (Å²) in [4.78, 5) is 15.5. The third-order valence-electron chi connectivity index (χ3n) is 3.53. The molecule has 0 spiro atoms. The van der Waals surface area contributed by atoms with Crippen molar-refractivity contribution >= 4 is 11.7 Å². The SMILES string of the molecule is Cc1ccccc1N1CCN(C)CC(C(=O)O)C1. The molecular weight excluding hydrogens is 228 g/mol. The monoisotopic (exact) mass is 248 g/mol. The van der Waals surface area contributed by atoms with Crippen molar-refractivity contribution in [3.8, 4) is 0 Å². The van der Waals surface area contributed by atoms with Gasteiger partial charge in [0.05, 0.1) is 5.92 Å². The Morgan fingerprint density at radius 1 is 1.28 bits per heavy atom. The first-order chi connectivity index (χ1) is 8.58. The Kier molecular flexibility index (Phi) is 3.87. The molecule has 1 heterocycles. The van der Waals surface area contributed by atoms with Crippen molar-refractivity contribution in [1.82, 2.24) is 4.90 Å². The highest BCUT2D eigenvalue weighted by Crippen LogP contribution is 2.22. The molecule has 1 aliphatic heterocycles. The molecule has 1 saturated heterocycles. The summed E-state index contributed by atoms with van der Waals surface area (Å²) in [6.07, 6.45) is 0. The smallest absolute Gasteiger partial charge is 0.309 e. The van der Waals surface area contributed by atoms with Crippen molar-refractivity contribution in [2.75, 3.05) is 38.1 Å². The molecule has 0 aliphatic carbocycles. The molecule has 4 heteroatoms. The number of carbonyl (C=O) groups is 1. The minimum atomic E-state index is -0.706. The predicted octanol–water partition coefficient (Wildman–Crippen LogP) is 1.45. The van der Waals surface area contributed by atoms with Crippen molar-refractivity contribution < 1.29 is 9.90 Å². The van der Waals surface area contributed by atoms with E-state index in [1.807, 2.05) is 19.2 Å². The number of hydrogen-bond donors (Lipinski definition) is 1. The van der Waals surface area contributed by atoms with E-state index in [1.165, 1.54) is 5.56 Å². The minimum absolute atomic E-state index is 0.322. The average Bonchev–Trinajstić information content (AvgIpc) is 2.52. The van der Waals surface area contributed by atoms with Gasteiger partial charge in [-0.05, 0) is 25.6 Å². The largest absolute Gasteiger partial charge is 0.481 e. The molecule has 1 fully saturated rings. The van der Waals surface area contributed by atoms with E-state index in [9.17, 15) is 9.90 Å². The number of benzene rings is 1. The van der Waals surface area contributed by atoms with Crippen molar-refractivity contribution in [2.45, 2.75) is 6.92 Å². The Labute approximate surface area is 108 Å². The van der Waals surface area contributed by atoms with E-state index in [0.717, 1.165) is 18.8 Å². The third kappa shape index (κ3) is 2.82. The maximum Gasteiger partial charge on any atom is 0.309 e. The van der Waals surface area contributed by atoms with Crippen LogP contribution in [0.4, 0.5) is 5.69 Å². The Bertz CT molecular complexity index is 434. The van der Waals surface area contributed by atoms with E-state index in [-0.39, 0.29) is 5.92 Å². The number of aliphatic carboxylic acids is 1. The van der Waals surface area contributed by atoms with E-state index < -0.39 is 5.97 Å². The molecule has 18 heavy (non-hydrogen) atoms. The number of hydrogen-bond acceptors (Lipinski definition) is 3. The lowest BCUT2D eigenvalue weighted by atomic mass is 10.1. The van der Waals surface area contributed by atoms with Gasteiger partial charge < -0.3 is 14.9 Å². The van der Waals surface area contributed by atoms with Gasteiger partial charge in [-0.25, -0.2) is 0 Å². The fourth-order valence-electron chi connectivity index (χ4n) is 2.47. The van der Waals surface area contributed by atoms with Gasteiger partial charge in [0.15, 0.2) is 0 Å². The van der Waals surface area contributed by atoms with Crippen LogP contribution < -0.4 is 4.90 Å². The van der Waals surface area contributed by atoms with Gasteiger partial charge in [0, 0.05) is 31.9 Å². The van der Waals surface area contributed by atoms with Gasteiger partial charge in [-0.15, -0.1) is 0 Å². The Morgan fingerprint density at radius 3 is 2.67 bits per heavy atom. The highest BCUT2D eigenvalue weighted by molar-refractivity contribution is 5.71. The zero-order chi connectivity index (χ0) is 13.1. The molecule has 1 atom stereocenters. The summed E-state index contributed by atoms with van der Waals surface area (Å²) in [5.41, 5.74) is 2.35. The van der Waals surface area contributed by atoms with Crippen LogP contribution >= 0.6 is 0 Å². The molecule has 1 N–H and O–H groups in total. The van der Waals surface area contributed by atoms with Crippen molar-refractivity contribution in [3.05, 3.63) is 29.8 Å². The second-order valence-corrected chi connectivity index (χ2v) is 5.03. The van der Waals surface area contributed by atoms with E-state index in [4.69, 9.17) is 0 Å². The fourth-order valence-corrected chi connectivity index (χ4v) is 2.47. The van der Waals surface area contributed by atoms with Gasteiger partial charge in [-0.2, -0.15) is 0 Å². The van der Waals surface area contributed by atoms with E-state index >= 15 is 0 Å². The van der Waals surface area contributed by atoms with Crippen LogP contribution in [-0.2, 0) is 4.79 Å². The summed E-state index contributed by atoms with van der Waals surface area (Å²) in [6, 6.07) is 8.16. The van der Waals surface area contributed by atoms with Crippen LogP contribution in [0.2, 0.25) is 0 Å². The van der Waals surface area contributed by atoms with Crippen LogP contribution in [0.5, 0.6) is 0 Å². The van der Waals surface area contributed by atoms with Crippen molar-refractivity contribution in [3.63, 3.8) is 0 Å². The molecule has 0 bridgehead atoms. The highest BCUT2D eigenvalue weighted by atomic mass is 16.4. The number of carboxylic acids is 1. The molecule has 4 nitrogen and oxygen atoms in total. The third-order valence-corrected chi connectivity index (χ3v) is 3.53. The quantitative estimate of drug-likeness (QED) is 0.860. The van der Waals surface area contributed by atoms with Crippen LogP contribution in [0.3, 0.4) is 0 Å². The molecule has 1 aromatic carbocycles. The van der Waals surface area contributed by atoms with Gasteiger partial charge in [0.2, 0.25) is 0 Å². The topological polar surface area (TPSA) is 43.8 Å². The zero-order valence-electron chi connectivity index (χ0n) is 11.0. The van der Waals surface area contributed by atoms with Gasteiger partial charge in [-0.1, -0.05) is 18.2 Å². The lowest BCUT2D eigenvalue weighted by Crippen LogP contribution is -2.34. The van der Waals surface area contributed by atoms with Crippen molar-refractivity contribution in [1.29, 1.82) is 0 Å². The first kappa shape index (κ1) is 12.9. The van der Waals surface area contributed by atoms with Crippen LogP contribution in [0.15, 0.2) is 24.3 Å². The van der Waals surface area contributed by atoms with Crippen LogP contribution in [0, 0.1) is 12.8 Å². The summed E-state index contributed by atoms with van der Waals surface area (Å²) >= 11 is 0. The van der Waals surface area contributed by atoms with E-state index in [1.54, 1.807) is 0 Å². The first-order valence-electron chi connectivity index (χ1n) is 6.30. The number of carboxylic acid groups (broad SMARTS) is 1. The summed E-state index contributed by atoms with van der Waals surface area (Å²) in [5, 5.41) is 9.26. The molecule has 98 valence electrons. The number of para-hydroxylation sites is 1. The summed E-state index contributed by atoms with van der Waals surface area (Å²) in [7, 11) is 1.98. The first-order valence-corrected chi connectivity index (χ1v) is 6.30. The second-order valence-electron chi connectivity index (χ2n) is 5.03. The average molecular weight is 248 g/mol. The number of anilines is 1. The summed E-state index contributed by atoms with van der Waals surface area (Å²) in [5.74, 6) is -1.03. The molecular formula is C14H20N2O2. The highest BCUT2D eigenvalue weighted by Gasteiger charge is 2.26. The van der Waals surface area contributed by atoms with Crippen molar-refractivity contribution in [2.24, 2.45) is 5.92 Å². The lowest BCUT2D eigenvalue weighted by Gasteiger charge is -2.26. The zero-order valence-corrected chi connectivity index (χ0v) is 11.0. The van der Waals surface area contributed by atoms with Crippen LogP contribution in [-0.4, -0.2) is 49.2 Å². The molecule has 2 rings (SSSR count). The Balaban J connectivity index is 2.22. The van der Waals surface area contributed by atoms with E-state index in [2.05, 4.69) is 28.9 Å². The standard InChI is InChI=1S/C14H20N2O2/c1-11-5-3-4-6-13(11)16-8-7-15(2)9-12(10-16)14(17)18/h3-6,12H,7-10H2,1-2H3,(H,17,18). The maximum absolute atomic E-state index is 11.3. The van der Waals surface area contributed by atoms with Crippen LogP contribution in [0.1, 0.15) is 5.56 Å². The molecule has 1 unspecified atom stereocenters. The summed E-state index contributed by atoms with van der Waals surface area (Å²) < 4.78 is 0. The number of aryl methyl sites for hydroxylation is 1. The molecule has 0 aromatic heterocycles. The second kappa shape index (κ2) is 5.40. The number of rotatable bonds is 2. The molecule has 1 aromatic rings. The van der Waals surface area contributed by atoms with Gasteiger partial charge >= 0.3 is 5.97 Å². The van der Waals surface area contributed by atoms with Gasteiger partial charge in [0.25, 0.3) is 0 Å². The molecule has 0 amide bonds. The van der Waals surface area contributed by atoms with E-state index in [0.29, 0.717) is 13.1 Å². The predicted molar refractivity (Wildman–Crippen MR) is 72.0 cm³/mol. The lowest BCUT2D eigenvalue weighted by molar-refractivity contribution is -0.141. The normalized spacial score (nSPS) is 21.7. The Morgan fingerprint density at radius 2 is 2.00 bits per heavy atom. The number of likely N-dealkylation sites (N-methyl/N-ethyl adjacent to an activating group) is 1. The molecule has 0 radical (unpaired) electrons. The maximum atomic E-state index is 11.3. The Hall–Kier alpha value is -1.55. The molecule has 0 saturated carbocycles. The minimum Gasteiger partial charge on any atom is -0.481 e. The summed E-state index contributed by atoms with van der Waals surface area (Å²) in [6.45, 7) is 5.06.